The minimum absolute atomic E-state index is 0.330. The first-order valence-corrected chi connectivity index (χ1v) is 6.14. The fourth-order valence-electron chi connectivity index (χ4n) is 2.86. The highest BCUT2D eigenvalue weighted by Crippen LogP contribution is 2.42. The van der Waals surface area contributed by atoms with E-state index in [9.17, 15) is 5.26 Å². The van der Waals surface area contributed by atoms with Gasteiger partial charge in [0.2, 0.25) is 0 Å². The Bertz CT molecular complexity index is 407. The monoisotopic (exact) mass is 233 g/mol. The predicted octanol–water partition coefficient (Wildman–Crippen LogP) is 0.937. The number of nitrogens with two attached hydrogens (primary N) is 2. The standard InChI is InChI=1S/C12H19N5/c1-2-8-3-5-12(6-4-8)9(7-13)10(14)16-11(15)17-12/h8H,2-6,14H2,1H3,(H3,15,16,17). The molecule has 1 aliphatic carbocycles. The number of hydrogen-bond donors (Lipinski definition) is 3. The van der Waals surface area contributed by atoms with Crippen molar-refractivity contribution in [1.29, 1.82) is 5.26 Å². The average Bonchev–Trinajstić information content (AvgIpc) is 2.29. The molecule has 5 N–H and O–H groups in total. The van der Waals surface area contributed by atoms with Gasteiger partial charge >= 0.3 is 0 Å². The lowest BCUT2D eigenvalue weighted by molar-refractivity contribution is 0.261. The molecular formula is C12H19N5. The molecule has 0 aromatic rings. The number of rotatable bonds is 1. The smallest absolute Gasteiger partial charge is 0.195 e. The largest absolute Gasteiger partial charge is 0.384 e. The van der Waals surface area contributed by atoms with Gasteiger partial charge in [0, 0.05) is 0 Å². The van der Waals surface area contributed by atoms with Crippen molar-refractivity contribution in [2.45, 2.75) is 44.6 Å². The summed E-state index contributed by atoms with van der Waals surface area (Å²) in [6.07, 6.45) is 5.11. The highest BCUT2D eigenvalue weighted by molar-refractivity contribution is 5.82. The van der Waals surface area contributed by atoms with Gasteiger partial charge in [-0.05, 0) is 31.6 Å². The zero-order valence-corrected chi connectivity index (χ0v) is 10.2. The molecule has 1 saturated carbocycles. The molecule has 0 radical (unpaired) electrons. The van der Waals surface area contributed by atoms with Gasteiger partial charge in [-0.1, -0.05) is 13.3 Å². The van der Waals surface area contributed by atoms with Gasteiger partial charge in [-0.2, -0.15) is 5.26 Å². The van der Waals surface area contributed by atoms with Crippen LogP contribution in [0, 0.1) is 17.2 Å². The van der Waals surface area contributed by atoms with Crippen LogP contribution in [0.25, 0.3) is 0 Å². The molecule has 0 amide bonds. The summed E-state index contributed by atoms with van der Waals surface area (Å²) in [4.78, 5) is 4.47. The van der Waals surface area contributed by atoms with Crippen molar-refractivity contribution in [1.82, 2.24) is 5.32 Å². The summed E-state index contributed by atoms with van der Waals surface area (Å²) in [5.74, 6) is 1.44. The first-order valence-electron chi connectivity index (χ1n) is 6.14. The fraction of sp³-hybridized carbons (Fsp3) is 0.667. The Morgan fingerprint density at radius 3 is 2.65 bits per heavy atom. The lowest BCUT2D eigenvalue weighted by atomic mass is 9.72. The van der Waals surface area contributed by atoms with Crippen LogP contribution in [0.2, 0.25) is 0 Å². The first-order chi connectivity index (χ1) is 8.11. The van der Waals surface area contributed by atoms with E-state index in [1.54, 1.807) is 0 Å². The van der Waals surface area contributed by atoms with Crippen molar-refractivity contribution in [3.8, 4) is 6.07 Å². The van der Waals surface area contributed by atoms with E-state index in [0.717, 1.165) is 31.6 Å². The Balaban J connectivity index is 2.29. The van der Waals surface area contributed by atoms with Crippen LogP contribution in [0.5, 0.6) is 0 Å². The van der Waals surface area contributed by atoms with Gasteiger partial charge in [0.25, 0.3) is 0 Å². The Kier molecular flexibility index (Phi) is 2.97. The summed E-state index contributed by atoms with van der Waals surface area (Å²) in [7, 11) is 0. The lowest BCUT2D eigenvalue weighted by Gasteiger charge is -2.39. The Morgan fingerprint density at radius 2 is 2.12 bits per heavy atom. The van der Waals surface area contributed by atoms with Crippen molar-refractivity contribution >= 4 is 5.96 Å². The summed E-state index contributed by atoms with van der Waals surface area (Å²) in [5, 5.41) is 12.0. The van der Waals surface area contributed by atoms with Gasteiger partial charge in [-0.3, -0.25) is 0 Å². The molecule has 1 aliphatic heterocycles. The predicted molar refractivity (Wildman–Crippen MR) is 66.6 cm³/mol. The van der Waals surface area contributed by atoms with E-state index in [4.69, 9.17) is 11.5 Å². The zero-order valence-electron chi connectivity index (χ0n) is 10.2. The lowest BCUT2D eigenvalue weighted by Crippen LogP contribution is -2.48. The van der Waals surface area contributed by atoms with Crippen molar-refractivity contribution < 1.29 is 0 Å². The summed E-state index contributed by atoms with van der Waals surface area (Å²) in [5.41, 5.74) is 11.7. The number of guanidine groups is 1. The third-order valence-corrected chi connectivity index (χ3v) is 3.95. The maximum absolute atomic E-state index is 9.25. The van der Waals surface area contributed by atoms with Gasteiger partial charge in [0.1, 0.15) is 17.4 Å². The Morgan fingerprint density at radius 1 is 1.47 bits per heavy atom. The first kappa shape index (κ1) is 11.8. The van der Waals surface area contributed by atoms with Crippen LogP contribution in [0.15, 0.2) is 16.4 Å². The van der Waals surface area contributed by atoms with Gasteiger partial charge in [-0.15, -0.1) is 0 Å². The van der Waals surface area contributed by atoms with Crippen LogP contribution in [-0.4, -0.2) is 11.5 Å². The molecule has 0 unspecified atom stereocenters. The average molecular weight is 233 g/mol. The Hall–Kier alpha value is -1.70. The van der Waals surface area contributed by atoms with Crippen LogP contribution < -0.4 is 16.8 Å². The number of nitriles is 1. The maximum atomic E-state index is 9.25. The molecule has 5 nitrogen and oxygen atoms in total. The highest BCUT2D eigenvalue weighted by Gasteiger charge is 2.42. The van der Waals surface area contributed by atoms with Gasteiger partial charge < -0.3 is 16.8 Å². The summed E-state index contributed by atoms with van der Waals surface area (Å²) >= 11 is 0. The Labute approximate surface area is 102 Å². The molecule has 17 heavy (non-hydrogen) atoms. The van der Waals surface area contributed by atoms with E-state index < -0.39 is 5.54 Å². The summed E-state index contributed by atoms with van der Waals surface area (Å²) in [6, 6.07) is 2.20. The van der Waals surface area contributed by atoms with Crippen LogP contribution in [0.4, 0.5) is 0 Å². The highest BCUT2D eigenvalue weighted by atomic mass is 15.2. The molecule has 2 aliphatic rings. The van der Waals surface area contributed by atoms with Gasteiger partial charge in [-0.25, -0.2) is 4.99 Å². The minimum Gasteiger partial charge on any atom is -0.384 e. The third kappa shape index (κ3) is 1.95. The molecule has 0 aromatic heterocycles. The normalized spacial score (nSPS) is 32.9. The van der Waals surface area contributed by atoms with Crippen molar-refractivity contribution in [2.75, 3.05) is 0 Å². The second kappa shape index (κ2) is 4.28. The van der Waals surface area contributed by atoms with E-state index in [1.807, 2.05) is 0 Å². The maximum Gasteiger partial charge on any atom is 0.195 e. The molecular weight excluding hydrogens is 214 g/mol. The zero-order chi connectivity index (χ0) is 12.5. The second-order valence-electron chi connectivity index (χ2n) is 4.91. The van der Waals surface area contributed by atoms with Crippen molar-refractivity contribution in [2.24, 2.45) is 22.4 Å². The number of hydrogen-bond acceptors (Lipinski definition) is 5. The number of aliphatic imine (C=N–C) groups is 1. The quantitative estimate of drug-likeness (QED) is 0.627. The van der Waals surface area contributed by atoms with E-state index >= 15 is 0 Å². The summed E-state index contributed by atoms with van der Waals surface area (Å²) in [6.45, 7) is 2.21. The fourth-order valence-corrected chi connectivity index (χ4v) is 2.86. The van der Waals surface area contributed by atoms with Crippen LogP contribution in [-0.2, 0) is 0 Å². The number of nitrogens with zero attached hydrogens (tertiary/aromatic N) is 2. The molecule has 1 spiro atoms. The molecule has 1 heterocycles. The molecule has 2 rings (SSSR count). The number of nitrogens with one attached hydrogen (secondary N) is 1. The molecule has 1 fully saturated rings. The van der Waals surface area contributed by atoms with Crippen LogP contribution in [0.3, 0.4) is 0 Å². The van der Waals surface area contributed by atoms with E-state index in [-0.39, 0.29) is 0 Å². The van der Waals surface area contributed by atoms with Gasteiger partial charge in [0.05, 0.1) is 5.57 Å². The molecule has 0 atom stereocenters. The third-order valence-electron chi connectivity index (χ3n) is 3.95. The van der Waals surface area contributed by atoms with E-state index in [0.29, 0.717) is 17.4 Å². The van der Waals surface area contributed by atoms with E-state index in [1.165, 1.54) is 6.42 Å². The molecule has 0 bridgehead atoms. The van der Waals surface area contributed by atoms with Gasteiger partial charge in [0.15, 0.2) is 5.96 Å². The van der Waals surface area contributed by atoms with Crippen molar-refractivity contribution in [3.63, 3.8) is 0 Å². The topological polar surface area (TPSA) is 100 Å². The van der Waals surface area contributed by atoms with Crippen LogP contribution >= 0.6 is 0 Å². The second-order valence-corrected chi connectivity index (χ2v) is 4.91. The summed E-state index contributed by atoms with van der Waals surface area (Å²) < 4.78 is 0. The molecule has 0 aromatic carbocycles. The van der Waals surface area contributed by atoms with Crippen LogP contribution in [0.1, 0.15) is 39.0 Å². The SMILES string of the molecule is CCC1CCC2(CC1)N=C(N)NC(N)=C2C#N. The van der Waals surface area contributed by atoms with Crippen molar-refractivity contribution in [3.05, 3.63) is 11.4 Å². The molecule has 0 saturated heterocycles. The minimum atomic E-state index is -0.458. The van der Waals surface area contributed by atoms with E-state index in [2.05, 4.69) is 23.3 Å². The molecule has 92 valence electrons. The molecule has 5 heteroatoms.